The van der Waals surface area contributed by atoms with E-state index in [0.717, 1.165) is 24.8 Å². The van der Waals surface area contributed by atoms with Gasteiger partial charge in [-0.1, -0.05) is 12.1 Å². The Balaban J connectivity index is 2.28. The van der Waals surface area contributed by atoms with Crippen LogP contribution in [0.2, 0.25) is 0 Å². The molecule has 1 aromatic carbocycles. The van der Waals surface area contributed by atoms with Gasteiger partial charge in [-0.2, -0.15) is 0 Å². The van der Waals surface area contributed by atoms with Crippen LogP contribution in [-0.2, 0) is 10.0 Å². The van der Waals surface area contributed by atoms with Crippen LogP contribution in [0.25, 0.3) is 0 Å². The molecule has 1 aromatic rings. The van der Waals surface area contributed by atoms with Crippen molar-refractivity contribution in [1.82, 2.24) is 4.90 Å². The Labute approximate surface area is 111 Å². The quantitative estimate of drug-likeness (QED) is 0.860. The molecule has 6 nitrogen and oxygen atoms in total. The molecule has 1 aliphatic rings. The molecule has 1 unspecified atom stereocenters. The number of piperidine rings is 1. The second-order valence-corrected chi connectivity index (χ2v) is 6.16. The Morgan fingerprint density at radius 2 is 1.89 bits per heavy atom. The standard InChI is InChI=1S/C12H16N2O4S/c13-19(17,18)10-6-4-9(5-7-10)11-3-1-2-8-14(11)12(15)16/h4-7,11H,1-3,8H2,(H,15,16)(H2,13,17,18). The first-order chi connectivity index (χ1) is 8.89. The molecule has 19 heavy (non-hydrogen) atoms. The number of carboxylic acid groups (broad SMARTS) is 1. The molecule has 0 bridgehead atoms. The summed E-state index contributed by atoms with van der Waals surface area (Å²) in [6.45, 7) is 0.511. The molecule has 1 aliphatic heterocycles. The number of nitrogens with two attached hydrogens (primary N) is 1. The normalized spacial score (nSPS) is 20.3. The van der Waals surface area contributed by atoms with Crippen molar-refractivity contribution in [2.45, 2.75) is 30.2 Å². The third-order valence-corrected chi connectivity index (χ3v) is 4.27. The van der Waals surface area contributed by atoms with Gasteiger partial charge in [0.25, 0.3) is 0 Å². The number of hydrogen-bond acceptors (Lipinski definition) is 3. The first-order valence-corrected chi connectivity index (χ1v) is 7.56. The van der Waals surface area contributed by atoms with Crippen molar-refractivity contribution in [3.63, 3.8) is 0 Å². The van der Waals surface area contributed by atoms with Gasteiger partial charge in [-0.3, -0.25) is 0 Å². The lowest BCUT2D eigenvalue weighted by Gasteiger charge is -2.33. The van der Waals surface area contributed by atoms with Crippen LogP contribution < -0.4 is 5.14 Å². The maximum Gasteiger partial charge on any atom is 0.407 e. The van der Waals surface area contributed by atoms with Crippen LogP contribution in [0.1, 0.15) is 30.9 Å². The van der Waals surface area contributed by atoms with E-state index in [-0.39, 0.29) is 10.9 Å². The van der Waals surface area contributed by atoms with E-state index in [4.69, 9.17) is 10.2 Å². The van der Waals surface area contributed by atoms with E-state index in [9.17, 15) is 13.2 Å². The Morgan fingerprint density at radius 3 is 2.42 bits per heavy atom. The van der Waals surface area contributed by atoms with Crippen LogP contribution in [0.3, 0.4) is 0 Å². The number of amides is 1. The monoisotopic (exact) mass is 284 g/mol. The van der Waals surface area contributed by atoms with Crippen molar-refractivity contribution >= 4 is 16.1 Å². The number of sulfonamides is 1. The lowest BCUT2D eigenvalue weighted by Crippen LogP contribution is -2.37. The molecule has 0 saturated carbocycles. The summed E-state index contributed by atoms with van der Waals surface area (Å²) in [5.74, 6) is 0. The summed E-state index contributed by atoms with van der Waals surface area (Å²) in [6, 6.07) is 5.89. The Hall–Kier alpha value is -1.60. The van der Waals surface area contributed by atoms with E-state index in [1.165, 1.54) is 17.0 Å². The molecule has 104 valence electrons. The van der Waals surface area contributed by atoms with E-state index in [2.05, 4.69) is 0 Å². The van der Waals surface area contributed by atoms with Gasteiger partial charge in [0.1, 0.15) is 0 Å². The van der Waals surface area contributed by atoms with Crippen LogP contribution in [0, 0.1) is 0 Å². The first kappa shape index (κ1) is 13.8. The molecule has 0 aliphatic carbocycles. The SMILES string of the molecule is NS(=O)(=O)c1ccc(C2CCCCN2C(=O)O)cc1. The molecular formula is C12H16N2O4S. The third kappa shape index (κ3) is 3.05. The maximum atomic E-state index is 11.2. The van der Waals surface area contributed by atoms with Crippen LogP contribution in [0.5, 0.6) is 0 Å². The molecule has 2 rings (SSSR count). The lowest BCUT2D eigenvalue weighted by molar-refractivity contribution is 0.106. The van der Waals surface area contributed by atoms with Gasteiger partial charge in [-0.15, -0.1) is 0 Å². The second-order valence-electron chi connectivity index (χ2n) is 4.60. The average molecular weight is 284 g/mol. The van der Waals surface area contributed by atoms with Crippen molar-refractivity contribution in [2.24, 2.45) is 5.14 Å². The summed E-state index contributed by atoms with van der Waals surface area (Å²) in [5, 5.41) is 14.2. The maximum absolute atomic E-state index is 11.2. The highest BCUT2D eigenvalue weighted by Crippen LogP contribution is 2.31. The number of nitrogens with zero attached hydrogens (tertiary/aromatic N) is 1. The topological polar surface area (TPSA) is 101 Å². The van der Waals surface area contributed by atoms with Crippen molar-refractivity contribution in [3.8, 4) is 0 Å². The van der Waals surface area contributed by atoms with Gasteiger partial charge in [-0.05, 0) is 37.0 Å². The number of rotatable bonds is 2. The first-order valence-electron chi connectivity index (χ1n) is 6.02. The molecule has 1 amide bonds. The highest BCUT2D eigenvalue weighted by atomic mass is 32.2. The smallest absolute Gasteiger partial charge is 0.407 e. The van der Waals surface area contributed by atoms with Crippen LogP contribution in [-0.4, -0.2) is 31.1 Å². The van der Waals surface area contributed by atoms with Crippen molar-refractivity contribution in [2.75, 3.05) is 6.54 Å². The fraction of sp³-hybridized carbons (Fsp3) is 0.417. The Morgan fingerprint density at radius 1 is 1.26 bits per heavy atom. The Bertz CT molecular complexity index is 568. The van der Waals surface area contributed by atoms with Gasteiger partial charge < -0.3 is 10.0 Å². The van der Waals surface area contributed by atoms with Crippen molar-refractivity contribution in [1.29, 1.82) is 0 Å². The predicted molar refractivity (Wildman–Crippen MR) is 69.1 cm³/mol. The zero-order valence-corrected chi connectivity index (χ0v) is 11.1. The minimum absolute atomic E-state index is 0.0361. The number of likely N-dealkylation sites (tertiary alicyclic amines) is 1. The molecule has 0 radical (unpaired) electrons. The van der Waals surface area contributed by atoms with E-state index >= 15 is 0 Å². The Kier molecular flexibility index (Phi) is 3.77. The predicted octanol–water partition coefficient (Wildman–Crippen LogP) is 1.54. The van der Waals surface area contributed by atoms with Crippen LogP contribution >= 0.6 is 0 Å². The largest absolute Gasteiger partial charge is 0.465 e. The highest BCUT2D eigenvalue weighted by molar-refractivity contribution is 7.89. The molecule has 1 fully saturated rings. The van der Waals surface area contributed by atoms with Gasteiger partial charge >= 0.3 is 6.09 Å². The fourth-order valence-corrected chi connectivity index (χ4v) is 2.90. The van der Waals surface area contributed by atoms with Gasteiger partial charge in [0.2, 0.25) is 10.0 Å². The molecule has 1 saturated heterocycles. The number of carbonyl (C=O) groups is 1. The molecule has 3 N–H and O–H groups in total. The van der Waals surface area contributed by atoms with Crippen molar-refractivity contribution in [3.05, 3.63) is 29.8 Å². The highest BCUT2D eigenvalue weighted by Gasteiger charge is 2.27. The van der Waals surface area contributed by atoms with E-state index < -0.39 is 16.1 Å². The van der Waals surface area contributed by atoms with Gasteiger partial charge in [0.15, 0.2) is 0 Å². The minimum atomic E-state index is -3.71. The van der Waals surface area contributed by atoms with Gasteiger partial charge in [0, 0.05) is 6.54 Å². The number of hydrogen-bond donors (Lipinski definition) is 2. The summed E-state index contributed by atoms with van der Waals surface area (Å²) in [6.07, 6.45) is 1.63. The lowest BCUT2D eigenvalue weighted by atomic mass is 9.96. The zero-order valence-electron chi connectivity index (χ0n) is 10.3. The van der Waals surface area contributed by atoms with Gasteiger partial charge in [-0.25, -0.2) is 18.4 Å². The number of primary sulfonamides is 1. The van der Waals surface area contributed by atoms with E-state index in [1.54, 1.807) is 12.1 Å². The van der Waals surface area contributed by atoms with Crippen LogP contribution in [0.15, 0.2) is 29.2 Å². The summed E-state index contributed by atoms with van der Waals surface area (Å²) < 4.78 is 22.3. The molecule has 0 spiro atoms. The minimum Gasteiger partial charge on any atom is -0.465 e. The number of benzene rings is 1. The van der Waals surface area contributed by atoms with E-state index in [1.807, 2.05) is 0 Å². The zero-order chi connectivity index (χ0) is 14.0. The van der Waals surface area contributed by atoms with E-state index in [0.29, 0.717) is 6.54 Å². The summed E-state index contributed by atoms with van der Waals surface area (Å²) in [4.78, 5) is 12.6. The molecule has 1 atom stereocenters. The van der Waals surface area contributed by atoms with Gasteiger partial charge in [0.05, 0.1) is 10.9 Å². The molecule has 7 heteroatoms. The third-order valence-electron chi connectivity index (χ3n) is 3.34. The average Bonchev–Trinajstić information content (AvgIpc) is 2.38. The summed E-state index contributed by atoms with van der Waals surface area (Å²) in [5.41, 5.74) is 0.800. The van der Waals surface area contributed by atoms with Crippen LogP contribution in [0.4, 0.5) is 4.79 Å². The van der Waals surface area contributed by atoms with Crippen molar-refractivity contribution < 1.29 is 18.3 Å². The molecule has 1 heterocycles. The molecular weight excluding hydrogens is 268 g/mol. The second kappa shape index (κ2) is 5.18. The fourth-order valence-electron chi connectivity index (χ4n) is 2.39. The molecule has 0 aromatic heterocycles. The summed E-state index contributed by atoms with van der Waals surface area (Å²) >= 11 is 0. The summed E-state index contributed by atoms with van der Waals surface area (Å²) in [7, 11) is -3.71.